The molecule has 0 aromatic rings. The minimum Gasteiger partial charge on any atom is -0.267 e. The first kappa shape index (κ1) is 13.0. The van der Waals surface area contributed by atoms with Crippen LogP contribution in [-0.4, -0.2) is 12.4 Å². The number of amidine groups is 1. The predicted molar refractivity (Wildman–Crippen MR) is 61.0 cm³/mol. The molecule has 3 heteroatoms. The fourth-order valence-electron chi connectivity index (χ4n) is 1.11. The third-order valence-electron chi connectivity index (χ3n) is 1.91. The first-order valence-corrected chi connectivity index (χ1v) is 5.15. The number of nitrogens with one attached hydrogen (secondary N) is 1. The summed E-state index contributed by atoms with van der Waals surface area (Å²) in [6.07, 6.45) is 3.07. The van der Waals surface area contributed by atoms with E-state index in [2.05, 4.69) is 36.1 Å². The lowest BCUT2D eigenvalue weighted by molar-refractivity contribution is 0.368. The van der Waals surface area contributed by atoms with Crippen LogP contribution in [0.5, 0.6) is 0 Å². The molecule has 1 N–H and O–H groups in total. The Bertz CT molecular complexity index is 218. The topological polar surface area (TPSA) is 28.8 Å². The van der Waals surface area contributed by atoms with Crippen LogP contribution in [0.2, 0.25) is 0 Å². The maximum atomic E-state index is 6.65. The van der Waals surface area contributed by atoms with Gasteiger partial charge in [0.15, 0.2) is 5.84 Å². The zero-order valence-electron chi connectivity index (χ0n) is 9.72. The van der Waals surface area contributed by atoms with E-state index in [4.69, 9.17) is 6.57 Å². The molecule has 0 spiro atoms. The molecule has 0 radical (unpaired) electrons. The average molecular weight is 195 g/mol. The third-order valence-corrected chi connectivity index (χ3v) is 1.91. The lowest BCUT2D eigenvalue weighted by Gasteiger charge is -2.16. The molecular formula is C11H21N3. The number of hydrogen-bond acceptors (Lipinski definition) is 1. The quantitative estimate of drug-likeness (QED) is 0.241. The van der Waals surface area contributed by atoms with Gasteiger partial charge >= 0.3 is 0 Å². The highest BCUT2D eigenvalue weighted by Gasteiger charge is 2.08. The standard InChI is InChI=1S/C11H21N3/c1-6-10(14-12-5)13-9-7-8-11(2,3)4/h6-9H2,1-4H3,(H,13,14). The molecule has 0 bridgehead atoms. The van der Waals surface area contributed by atoms with E-state index in [0.717, 1.165) is 25.2 Å². The number of rotatable bonds is 4. The van der Waals surface area contributed by atoms with Gasteiger partial charge in [-0.2, -0.15) is 11.5 Å². The fourth-order valence-corrected chi connectivity index (χ4v) is 1.11. The van der Waals surface area contributed by atoms with Crippen LogP contribution in [0.1, 0.15) is 47.0 Å². The van der Waals surface area contributed by atoms with E-state index in [1.165, 1.54) is 6.42 Å². The summed E-state index contributed by atoms with van der Waals surface area (Å²) in [7, 11) is 0. The predicted octanol–water partition coefficient (Wildman–Crippen LogP) is 3.05. The molecule has 0 aliphatic heterocycles. The molecule has 0 fully saturated rings. The molecular weight excluding hydrogens is 174 g/mol. The average Bonchev–Trinajstić information content (AvgIpc) is 2.08. The summed E-state index contributed by atoms with van der Waals surface area (Å²) in [4.78, 5) is 7.43. The normalized spacial score (nSPS) is 12.4. The SMILES string of the molecule is [C-]#[N+]NC(CC)=NCCCC(C)(C)C. The van der Waals surface area contributed by atoms with Crippen molar-refractivity contribution >= 4 is 5.84 Å². The highest BCUT2D eigenvalue weighted by molar-refractivity contribution is 5.82. The highest BCUT2D eigenvalue weighted by atomic mass is 15.3. The second-order valence-corrected chi connectivity index (χ2v) is 4.57. The molecule has 0 saturated carbocycles. The van der Waals surface area contributed by atoms with E-state index in [0.29, 0.717) is 5.41 Å². The molecule has 0 aliphatic carbocycles. The van der Waals surface area contributed by atoms with Gasteiger partial charge < -0.3 is 0 Å². The highest BCUT2D eigenvalue weighted by Crippen LogP contribution is 2.20. The second kappa shape index (κ2) is 6.42. The first-order chi connectivity index (χ1) is 6.49. The van der Waals surface area contributed by atoms with Gasteiger partial charge in [0.2, 0.25) is 0 Å². The van der Waals surface area contributed by atoms with Gasteiger partial charge in [-0.3, -0.25) is 4.99 Å². The van der Waals surface area contributed by atoms with Gasteiger partial charge in [0.05, 0.1) is 0 Å². The third kappa shape index (κ3) is 7.60. The fraction of sp³-hybridized carbons (Fsp3) is 0.818. The smallest absolute Gasteiger partial charge is 0.170 e. The summed E-state index contributed by atoms with van der Waals surface area (Å²) in [6.45, 7) is 16.2. The molecule has 0 unspecified atom stereocenters. The van der Waals surface area contributed by atoms with E-state index in [1.54, 1.807) is 0 Å². The molecule has 0 heterocycles. The summed E-state index contributed by atoms with van der Waals surface area (Å²) in [5.74, 6) is 0.800. The molecule has 0 atom stereocenters. The van der Waals surface area contributed by atoms with Gasteiger partial charge in [0.1, 0.15) is 0 Å². The Morgan fingerprint density at radius 1 is 1.43 bits per heavy atom. The molecule has 3 nitrogen and oxygen atoms in total. The summed E-state index contributed by atoms with van der Waals surface area (Å²) >= 11 is 0. The Morgan fingerprint density at radius 3 is 2.50 bits per heavy atom. The Kier molecular flexibility index (Phi) is 5.94. The zero-order valence-corrected chi connectivity index (χ0v) is 9.72. The van der Waals surface area contributed by atoms with E-state index >= 15 is 0 Å². The van der Waals surface area contributed by atoms with Gasteiger partial charge in [-0.15, -0.1) is 0 Å². The van der Waals surface area contributed by atoms with Gasteiger partial charge in [-0.05, 0) is 18.3 Å². The van der Waals surface area contributed by atoms with Crippen LogP contribution in [0.25, 0.3) is 4.95 Å². The van der Waals surface area contributed by atoms with E-state index in [-0.39, 0.29) is 0 Å². The summed E-state index contributed by atoms with van der Waals surface area (Å²) in [6, 6.07) is 0. The van der Waals surface area contributed by atoms with Crippen LogP contribution in [0.15, 0.2) is 4.99 Å². The summed E-state index contributed by atoms with van der Waals surface area (Å²) in [5, 5.41) is 0. The van der Waals surface area contributed by atoms with Crippen molar-refractivity contribution in [3.63, 3.8) is 0 Å². The second-order valence-electron chi connectivity index (χ2n) is 4.57. The molecule has 0 rings (SSSR count). The van der Waals surface area contributed by atoms with Gasteiger partial charge in [0.25, 0.3) is 0 Å². The van der Waals surface area contributed by atoms with Crippen molar-refractivity contribution in [1.29, 1.82) is 0 Å². The molecule has 0 saturated heterocycles. The van der Waals surface area contributed by atoms with E-state index in [9.17, 15) is 0 Å². The summed E-state index contributed by atoms with van der Waals surface area (Å²) < 4.78 is 0. The van der Waals surface area contributed by atoms with Gasteiger partial charge in [0, 0.05) is 13.0 Å². The van der Waals surface area contributed by atoms with Crippen LogP contribution in [0, 0.1) is 12.0 Å². The van der Waals surface area contributed by atoms with Crippen molar-refractivity contribution in [2.75, 3.05) is 6.54 Å². The van der Waals surface area contributed by atoms with Crippen LogP contribution in [0.3, 0.4) is 0 Å². The minimum atomic E-state index is 0.384. The monoisotopic (exact) mass is 195 g/mol. The maximum absolute atomic E-state index is 6.65. The number of hydrogen-bond donors (Lipinski definition) is 1. The Balaban J connectivity index is 3.75. The van der Waals surface area contributed by atoms with E-state index in [1.807, 2.05) is 6.92 Å². The van der Waals surface area contributed by atoms with Crippen molar-refractivity contribution in [3.05, 3.63) is 11.5 Å². The van der Waals surface area contributed by atoms with Crippen molar-refractivity contribution in [1.82, 2.24) is 5.43 Å². The lowest BCUT2D eigenvalue weighted by atomic mass is 9.91. The summed E-state index contributed by atoms with van der Waals surface area (Å²) in [5.41, 5.74) is 2.96. The minimum absolute atomic E-state index is 0.384. The van der Waals surface area contributed by atoms with Gasteiger partial charge in [-0.1, -0.05) is 33.1 Å². The number of nitrogens with zero attached hydrogens (tertiary/aromatic N) is 2. The molecule has 0 amide bonds. The van der Waals surface area contributed by atoms with Crippen molar-refractivity contribution in [2.45, 2.75) is 47.0 Å². The Hall–Kier alpha value is -1.04. The van der Waals surface area contributed by atoms with Crippen LogP contribution in [0.4, 0.5) is 0 Å². The molecule has 0 aromatic heterocycles. The van der Waals surface area contributed by atoms with Crippen LogP contribution >= 0.6 is 0 Å². The maximum Gasteiger partial charge on any atom is 0.170 e. The largest absolute Gasteiger partial charge is 0.267 e. The first-order valence-electron chi connectivity index (χ1n) is 5.15. The molecule has 80 valence electrons. The van der Waals surface area contributed by atoms with Crippen LogP contribution < -0.4 is 5.43 Å². The Labute approximate surface area is 87.4 Å². The van der Waals surface area contributed by atoms with E-state index < -0.39 is 0 Å². The van der Waals surface area contributed by atoms with Crippen molar-refractivity contribution in [3.8, 4) is 0 Å². The molecule has 14 heavy (non-hydrogen) atoms. The van der Waals surface area contributed by atoms with Crippen LogP contribution in [-0.2, 0) is 0 Å². The van der Waals surface area contributed by atoms with Crippen molar-refractivity contribution in [2.24, 2.45) is 10.4 Å². The molecule has 0 aromatic carbocycles. The zero-order chi connectivity index (χ0) is 11.0. The lowest BCUT2D eigenvalue weighted by Crippen LogP contribution is -2.15. The number of aliphatic imine (C=N–C) groups is 1. The Morgan fingerprint density at radius 2 is 2.07 bits per heavy atom. The van der Waals surface area contributed by atoms with Crippen molar-refractivity contribution < 1.29 is 0 Å². The van der Waals surface area contributed by atoms with Gasteiger partial charge in [-0.25, -0.2) is 0 Å². The molecule has 0 aliphatic rings.